The Balaban J connectivity index is 2.17. The second kappa shape index (κ2) is 4.38. The zero-order valence-corrected chi connectivity index (χ0v) is 10.2. The first-order valence-corrected chi connectivity index (χ1v) is 5.97. The fourth-order valence-corrected chi connectivity index (χ4v) is 2.42. The first kappa shape index (κ1) is 12.2. The molecule has 1 aliphatic carbocycles. The molecule has 0 radical (unpaired) electrons. The van der Waals surface area contributed by atoms with Crippen LogP contribution >= 0.6 is 0 Å². The molecule has 0 bridgehead atoms. The van der Waals surface area contributed by atoms with Crippen molar-refractivity contribution >= 4 is 17.5 Å². The lowest BCUT2D eigenvalue weighted by molar-refractivity contribution is 0.0695. The maximum Gasteiger partial charge on any atom is 0.337 e. The van der Waals surface area contributed by atoms with E-state index in [0.717, 1.165) is 0 Å². The molecule has 0 atom stereocenters. The van der Waals surface area contributed by atoms with Gasteiger partial charge in [-0.25, -0.2) is 4.79 Å². The molecule has 0 spiro atoms. The lowest BCUT2D eigenvalue weighted by atomic mass is 9.95. The number of Topliss-reactive ketones (excluding diaryl/α,β-unsaturated/α-hetero) is 2. The van der Waals surface area contributed by atoms with E-state index in [0.29, 0.717) is 11.1 Å². The van der Waals surface area contributed by atoms with Crippen molar-refractivity contribution in [1.29, 1.82) is 0 Å². The molecule has 5 nitrogen and oxygen atoms in total. The molecule has 20 heavy (non-hydrogen) atoms. The Hall–Kier alpha value is -2.82. The van der Waals surface area contributed by atoms with Crippen molar-refractivity contribution in [2.24, 2.45) is 0 Å². The number of carboxylic acid groups (broad SMARTS) is 1. The number of rotatable bonds is 2. The molecule has 2 aromatic rings. The summed E-state index contributed by atoms with van der Waals surface area (Å²) in [6.45, 7) is 0. The Labute approximate surface area is 113 Å². The molecule has 0 aliphatic heterocycles. The van der Waals surface area contributed by atoms with Gasteiger partial charge in [-0.05, 0) is 12.1 Å². The zero-order chi connectivity index (χ0) is 14.3. The number of carbonyl (C=O) groups is 3. The van der Waals surface area contributed by atoms with E-state index < -0.39 is 23.5 Å². The fourth-order valence-electron chi connectivity index (χ4n) is 2.42. The first-order chi connectivity index (χ1) is 9.61. The molecule has 0 amide bonds. The number of aromatic nitrogens is 1. The summed E-state index contributed by atoms with van der Waals surface area (Å²) in [5.41, 5.74) is 0.534. The molecule has 0 saturated carbocycles. The fraction of sp³-hybridized carbons (Fsp3) is 0.0667. The molecule has 1 heterocycles. The molecule has 0 unspecified atom stereocenters. The summed E-state index contributed by atoms with van der Waals surface area (Å²) >= 11 is 0. The van der Waals surface area contributed by atoms with Crippen LogP contribution in [0, 0.1) is 0 Å². The summed E-state index contributed by atoms with van der Waals surface area (Å²) in [5, 5.41) is 9.15. The third kappa shape index (κ3) is 1.64. The van der Waals surface area contributed by atoms with Gasteiger partial charge in [0.1, 0.15) is 5.92 Å². The first-order valence-electron chi connectivity index (χ1n) is 5.97. The van der Waals surface area contributed by atoms with Crippen LogP contribution in [0.25, 0.3) is 0 Å². The van der Waals surface area contributed by atoms with E-state index in [1.807, 2.05) is 0 Å². The number of ketones is 2. The molecule has 1 aliphatic rings. The van der Waals surface area contributed by atoms with Gasteiger partial charge in [-0.1, -0.05) is 24.3 Å². The Morgan fingerprint density at radius 3 is 2.15 bits per heavy atom. The third-order valence-corrected chi connectivity index (χ3v) is 3.32. The number of fused-ring (bicyclic) bond motifs is 1. The summed E-state index contributed by atoms with van der Waals surface area (Å²) in [5.74, 6) is -3.15. The standard InChI is InChI=1S/C15H9NO4/c17-13-8-4-1-2-5-9(8)14(18)11(13)12-10(15(19)20)6-3-7-16-12/h1-7,11H,(H,19,20). The lowest BCUT2D eigenvalue weighted by Crippen LogP contribution is -2.18. The highest BCUT2D eigenvalue weighted by Gasteiger charge is 2.41. The van der Waals surface area contributed by atoms with Crippen LogP contribution in [0.4, 0.5) is 0 Å². The number of aromatic carboxylic acids is 1. The van der Waals surface area contributed by atoms with Gasteiger partial charge in [0, 0.05) is 17.3 Å². The van der Waals surface area contributed by atoms with Crippen molar-refractivity contribution in [3.8, 4) is 0 Å². The summed E-state index contributed by atoms with van der Waals surface area (Å²) in [4.78, 5) is 39.8. The van der Waals surface area contributed by atoms with E-state index in [1.165, 1.54) is 18.3 Å². The molecule has 1 aromatic carbocycles. The summed E-state index contributed by atoms with van der Waals surface area (Å²) in [6, 6.07) is 9.28. The van der Waals surface area contributed by atoms with Gasteiger partial charge in [0.15, 0.2) is 11.6 Å². The van der Waals surface area contributed by atoms with E-state index in [-0.39, 0.29) is 11.3 Å². The van der Waals surface area contributed by atoms with Crippen LogP contribution < -0.4 is 0 Å². The molecule has 0 saturated heterocycles. The third-order valence-electron chi connectivity index (χ3n) is 3.32. The number of carboxylic acids is 1. The van der Waals surface area contributed by atoms with Crippen LogP contribution in [-0.2, 0) is 0 Å². The second-order valence-electron chi connectivity index (χ2n) is 4.45. The predicted molar refractivity (Wildman–Crippen MR) is 69.0 cm³/mol. The molecule has 98 valence electrons. The Morgan fingerprint density at radius 1 is 1.00 bits per heavy atom. The molecule has 3 rings (SSSR count). The van der Waals surface area contributed by atoms with E-state index in [9.17, 15) is 14.4 Å². The van der Waals surface area contributed by atoms with Gasteiger partial charge in [-0.2, -0.15) is 0 Å². The van der Waals surface area contributed by atoms with Crippen LogP contribution in [0.1, 0.15) is 42.7 Å². The number of nitrogens with zero attached hydrogens (tertiary/aromatic N) is 1. The molecule has 0 fully saturated rings. The predicted octanol–water partition coefficient (Wildman–Crippen LogP) is 1.94. The lowest BCUT2D eigenvalue weighted by Gasteiger charge is -2.09. The number of hydrogen-bond donors (Lipinski definition) is 1. The van der Waals surface area contributed by atoms with Crippen molar-refractivity contribution in [3.05, 3.63) is 65.0 Å². The highest BCUT2D eigenvalue weighted by atomic mass is 16.4. The Kier molecular flexibility index (Phi) is 2.68. The van der Waals surface area contributed by atoms with Gasteiger partial charge >= 0.3 is 5.97 Å². The summed E-state index contributed by atoms with van der Waals surface area (Å²) in [7, 11) is 0. The quantitative estimate of drug-likeness (QED) is 0.840. The zero-order valence-electron chi connectivity index (χ0n) is 10.2. The molecule has 1 aromatic heterocycles. The van der Waals surface area contributed by atoms with Crippen LogP contribution in [0.15, 0.2) is 42.6 Å². The smallest absolute Gasteiger partial charge is 0.337 e. The van der Waals surface area contributed by atoms with E-state index in [1.54, 1.807) is 24.3 Å². The molecule has 1 N–H and O–H groups in total. The van der Waals surface area contributed by atoms with Gasteiger partial charge in [-0.15, -0.1) is 0 Å². The number of pyridine rings is 1. The summed E-state index contributed by atoms with van der Waals surface area (Å²) < 4.78 is 0. The van der Waals surface area contributed by atoms with Crippen molar-refractivity contribution in [2.75, 3.05) is 0 Å². The van der Waals surface area contributed by atoms with Gasteiger partial charge in [0.2, 0.25) is 0 Å². The average Bonchev–Trinajstić information content (AvgIpc) is 2.71. The van der Waals surface area contributed by atoms with Gasteiger partial charge < -0.3 is 5.11 Å². The highest BCUT2D eigenvalue weighted by molar-refractivity contribution is 6.30. The maximum atomic E-state index is 12.3. The van der Waals surface area contributed by atoms with E-state index in [2.05, 4.69) is 4.98 Å². The van der Waals surface area contributed by atoms with E-state index in [4.69, 9.17) is 5.11 Å². The topological polar surface area (TPSA) is 84.3 Å². The number of hydrogen-bond acceptors (Lipinski definition) is 4. The number of carbonyl (C=O) groups excluding carboxylic acids is 2. The van der Waals surface area contributed by atoms with Gasteiger partial charge in [0.25, 0.3) is 0 Å². The Morgan fingerprint density at radius 2 is 1.60 bits per heavy atom. The average molecular weight is 267 g/mol. The van der Waals surface area contributed by atoms with Crippen molar-refractivity contribution in [3.63, 3.8) is 0 Å². The van der Waals surface area contributed by atoms with Crippen molar-refractivity contribution in [1.82, 2.24) is 4.98 Å². The SMILES string of the molecule is O=C(O)c1cccnc1C1C(=O)c2ccccc2C1=O. The van der Waals surface area contributed by atoms with Crippen molar-refractivity contribution < 1.29 is 19.5 Å². The number of benzene rings is 1. The van der Waals surface area contributed by atoms with Gasteiger partial charge in [-0.3, -0.25) is 14.6 Å². The minimum atomic E-state index is -1.20. The Bertz CT molecular complexity index is 716. The van der Waals surface area contributed by atoms with Gasteiger partial charge in [0.05, 0.1) is 11.3 Å². The molecule has 5 heteroatoms. The monoisotopic (exact) mass is 267 g/mol. The molecular formula is C15H9NO4. The van der Waals surface area contributed by atoms with Crippen LogP contribution in [0.5, 0.6) is 0 Å². The highest BCUT2D eigenvalue weighted by Crippen LogP contribution is 2.34. The van der Waals surface area contributed by atoms with Crippen LogP contribution in [0.2, 0.25) is 0 Å². The minimum absolute atomic E-state index is 0.00574. The minimum Gasteiger partial charge on any atom is -0.478 e. The summed E-state index contributed by atoms with van der Waals surface area (Å²) in [6.07, 6.45) is 1.38. The maximum absolute atomic E-state index is 12.3. The van der Waals surface area contributed by atoms with Crippen LogP contribution in [0.3, 0.4) is 0 Å². The largest absolute Gasteiger partial charge is 0.478 e. The second-order valence-corrected chi connectivity index (χ2v) is 4.45. The molecular weight excluding hydrogens is 258 g/mol. The van der Waals surface area contributed by atoms with Crippen molar-refractivity contribution in [2.45, 2.75) is 5.92 Å². The van der Waals surface area contributed by atoms with E-state index >= 15 is 0 Å². The normalized spacial score (nSPS) is 14.4. The van der Waals surface area contributed by atoms with Crippen LogP contribution in [-0.4, -0.2) is 27.6 Å².